The minimum absolute atomic E-state index is 0.0902. The molecule has 3 heterocycles. The first kappa shape index (κ1) is 21.8. The summed E-state index contributed by atoms with van der Waals surface area (Å²) in [6.07, 6.45) is 2.88. The van der Waals surface area contributed by atoms with Gasteiger partial charge in [0.05, 0.1) is 24.8 Å². The molecule has 0 aliphatic carbocycles. The topological polar surface area (TPSA) is 81.8 Å². The first-order valence-corrected chi connectivity index (χ1v) is 10.8. The number of nitrogens with zero attached hydrogens (tertiary/aromatic N) is 4. The molecule has 0 aromatic carbocycles. The molecule has 1 atom stereocenters. The smallest absolute Gasteiger partial charge is 0.227 e. The summed E-state index contributed by atoms with van der Waals surface area (Å²) in [6.45, 7) is 10.5. The summed E-state index contributed by atoms with van der Waals surface area (Å²) < 4.78 is 5.38. The van der Waals surface area contributed by atoms with Crippen LogP contribution < -0.4 is 0 Å². The predicted octanol–water partition coefficient (Wildman–Crippen LogP) is 0.988. The number of carbonyl (C=O) groups is 2. The zero-order chi connectivity index (χ0) is 20.8. The van der Waals surface area contributed by atoms with Gasteiger partial charge in [0.25, 0.3) is 0 Å². The summed E-state index contributed by atoms with van der Waals surface area (Å²) >= 11 is 0. The number of aromatic amines is 1. The van der Waals surface area contributed by atoms with E-state index in [9.17, 15) is 9.59 Å². The summed E-state index contributed by atoms with van der Waals surface area (Å²) in [5.41, 5.74) is 3.25. The number of aromatic nitrogens is 2. The molecule has 0 radical (unpaired) electrons. The van der Waals surface area contributed by atoms with Crippen LogP contribution in [0.3, 0.4) is 0 Å². The predicted molar refractivity (Wildman–Crippen MR) is 111 cm³/mol. The van der Waals surface area contributed by atoms with Crippen LogP contribution in [0.4, 0.5) is 0 Å². The van der Waals surface area contributed by atoms with Crippen molar-refractivity contribution in [3.05, 3.63) is 17.0 Å². The van der Waals surface area contributed by atoms with Gasteiger partial charge in [-0.05, 0) is 38.7 Å². The van der Waals surface area contributed by atoms with Crippen molar-refractivity contribution in [2.24, 2.45) is 5.92 Å². The van der Waals surface area contributed by atoms with Gasteiger partial charge >= 0.3 is 0 Å². The molecule has 3 rings (SSSR count). The van der Waals surface area contributed by atoms with Gasteiger partial charge in [0.1, 0.15) is 0 Å². The molecule has 0 spiro atoms. The molecule has 2 aliphatic heterocycles. The Balaban J connectivity index is 1.45. The van der Waals surface area contributed by atoms with Crippen molar-refractivity contribution in [3.63, 3.8) is 0 Å². The van der Waals surface area contributed by atoms with Crippen LogP contribution in [0.2, 0.25) is 0 Å². The molecule has 1 N–H and O–H groups in total. The number of H-pyrrole nitrogens is 1. The van der Waals surface area contributed by atoms with E-state index in [2.05, 4.69) is 15.1 Å². The van der Waals surface area contributed by atoms with Gasteiger partial charge < -0.3 is 14.5 Å². The summed E-state index contributed by atoms with van der Waals surface area (Å²) in [6, 6.07) is 0. The Morgan fingerprint density at radius 2 is 2.03 bits per heavy atom. The molecule has 2 aliphatic rings. The van der Waals surface area contributed by atoms with Crippen LogP contribution in [-0.2, 0) is 20.7 Å². The van der Waals surface area contributed by atoms with Crippen molar-refractivity contribution >= 4 is 11.8 Å². The molecular weight excluding hydrogens is 370 g/mol. The minimum Gasteiger partial charge on any atom is -0.379 e. The van der Waals surface area contributed by atoms with E-state index in [4.69, 9.17) is 4.74 Å². The molecule has 29 heavy (non-hydrogen) atoms. The van der Waals surface area contributed by atoms with Gasteiger partial charge in [-0.3, -0.25) is 19.6 Å². The van der Waals surface area contributed by atoms with Crippen LogP contribution in [-0.4, -0.2) is 96.2 Å². The van der Waals surface area contributed by atoms with Crippen LogP contribution >= 0.6 is 0 Å². The van der Waals surface area contributed by atoms with E-state index in [1.54, 1.807) is 0 Å². The lowest BCUT2D eigenvalue weighted by Crippen LogP contribution is -2.47. The van der Waals surface area contributed by atoms with Crippen LogP contribution in [0.1, 0.15) is 36.2 Å². The SMILES string of the molecule is Cc1n[nH]c(C)c1CCN(C)C(=O)[C@H]1CCC(=O)N(CCCN2CCOCC2)C1. The van der Waals surface area contributed by atoms with Gasteiger partial charge in [-0.2, -0.15) is 5.10 Å². The average Bonchev–Trinajstić information content (AvgIpc) is 3.05. The molecule has 162 valence electrons. The van der Waals surface area contributed by atoms with E-state index < -0.39 is 0 Å². The van der Waals surface area contributed by atoms with Gasteiger partial charge in [0, 0.05) is 58.4 Å². The second kappa shape index (κ2) is 10.2. The number of ether oxygens (including phenoxy) is 1. The maximum absolute atomic E-state index is 12.9. The summed E-state index contributed by atoms with van der Waals surface area (Å²) in [5.74, 6) is 0.241. The van der Waals surface area contributed by atoms with Gasteiger partial charge in [-0.1, -0.05) is 0 Å². The number of amides is 2. The van der Waals surface area contributed by atoms with Crippen LogP contribution in [0.5, 0.6) is 0 Å². The highest BCUT2D eigenvalue weighted by atomic mass is 16.5. The number of likely N-dealkylation sites (tertiary alicyclic amines) is 1. The second-order valence-corrected chi connectivity index (χ2v) is 8.31. The zero-order valence-electron chi connectivity index (χ0n) is 18.1. The number of hydrogen-bond donors (Lipinski definition) is 1. The first-order valence-electron chi connectivity index (χ1n) is 10.8. The van der Waals surface area contributed by atoms with Crippen LogP contribution in [0.15, 0.2) is 0 Å². The molecule has 2 fully saturated rings. The lowest BCUT2D eigenvalue weighted by molar-refractivity contribution is -0.142. The number of piperidine rings is 1. The standard InChI is InChI=1S/C21H35N5O3/c1-16-19(17(2)23-22-16)7-10-24(3)21(28)18-5-6-20(27)26(15-18)9-4-8-25-11-13-29-14-12-25/h18H,4-15H2,1-3H3,(H,22,23)/t18-/m0/s1. The molecule has 8 heteroatoms. The van der Waals surface area contributed by atoms with E-state index in [1.165, 1.54) is 5.56 Å². The maximum atomic E-state index is 12.9. The monoisotopic (exact) mass is 405 g/mol. The van der Waals surface area contributed by atoms with Crippen LogP contribution in [0, 0.1) is 19.8 Å². The molecule has 2 saturated heterocycles. The Kier molecular flexibility index (Phi) is 7.66. The number of hydrogen-bond acceptors (Lipinski definition) is 5. The van der Waals surface area contributed by atoms with Gasteiger partial charge in [-0.25, -0.2) is 0 Å². The molecule has 0 unspecified atom stereocenters. The quantitative estimate of drug-likeness (QED) is 0.698. The van der Waals surface area contributed by atoms with Crippen molar-refractivity contribution in [3.8, 4) is 0 Å². The van der Waals surface area contributed by atoms with Crippen molar-refractivity contribution in [2.75, 3.05) is 59.5 Å². The van der Waals surface area contributed by atoms with E-state index >= 15 is 0 Å². The van der Waals surface area contributed by atoms with E-state index in [-0.39, 0.29) is 17.7 Å². The third-order valence-corrected chi connectivity index (χ3v) is 6.21. The number of carbonyl (C=O) groups excluding carboxylic acids is 2. The zero-order valence-corrected chi connectivity index (χ0v) is 18.1. The fourth-order valence-corrected chi connectivity index (χ4v) is 4.29. The van der Waals surface area contributed by atoms with E-state index in [0.29, 0.717) is 25.9 Å². The second-order valence-electron chi connectivity index (χ2n) is 8.31. The third-order valence-electron chi connectivity index (χ3n) is 6.21. The molecule has 8 nitrogen and oxygen atoms in total. The summed E-state index contributed by atoms with van der Waals surface area (Å²) in [7, 11) is 1.87. The lowest BCUT2D eigenvalue weighted by Gasteiger charge is -2.34. The first-order chi connectivity index (χ1) is 14.0. The van der Waals surface area contributed by atoms with E-state index in [1.807, 2.05) is 30.7 Å². The molecular formula is C21H35N5O3. The van der Waals surface area contributed by atoms with Gasteiger partial charge in [0.15, 0.2) is 0 Å². The molecule has 0 bridgehead atoms. The molecule has 2 amide bonds. The highest BCUT2D eigenvalue weighted by Gasteiger charge is 2.31. The van der Waals surface area contributed by atoms with Crippen LogP contribution in [0.25, 0.3) is 0 Å². The number of likely N-dealkylation sites (N-methyl/N-ethyl adjacent to an activating group) is 1. The minimum atomic E-state index is -0.0902. The van der Waals surface area contributed by atoms with E-state index in [0.717, 1.165) is 63.6 Å². The number of morpholine rings is 1. The summed E-state index contributed by atoms with van der Waals surface area (Å²) in [4.78, 5) is 31.4. The molecule has 1 aromatic heterocycles. The lowest BCUT2D eigenvalue weighted by atomic mass is 9.95. The normalized spacial score (nSPS) is 20.9. The highest BCUT2D eigenvalue weighted by molar-refractivity contribution is 5.83. The van der Waals surface area contributed by atoms with Crippen molar-refractivity contribution in [1.82, 2.24) is 24.9 Å². The maximum Gasteiger partial charge on any atom is 0.227 e. The van der Waals surface area contributed by atoms with Gasteiger partial charge in [0.2, 0.25) is 11.8 Å². The highest BCUT2D eigenvalue weighted by Crippen LogP contribution is 2.20. The van der Waals surface area contributed by atoms with Crippen molar-refractivity contribution in [2.45, 2.75) is 39.5 Å². The Morgan fingerprint density at radius 1 is 1.28 bits per heavy atom. The number of nitrogens with one attached hydrogen (secondary N) is 1. The van der Waals surface area contributed by atoms with Gasteiger partial charge in [-0.15, -0.1) is 0 Å². The Bertz CT molecular complexity index is 679. The Hall–Kier alpha value is -1.93. The number of rotatable bonds is 8. The fraction of sp³-hybridized carbons (Fsp3) is 0.762. The fourth-order valence-electron chi connectivity index (χ4n) is 4.29. The Morgan fingerprint density at radius 3 is 2.72 bits per heavy atom. The molecule has 0 saturated carbocycles. The number of aryl methyl sites for hydroxylation is 2. The Labute approximate surface area is 173 Å². The third kappa shape index (κ3) is 5.79. The van der Waals surface area contributed by atoms with Crippen molar-refractivity contribution < 1.29 is 14.3 Å². The molecule has 1 aromatic rings. The largest absolute Gasteiger partial charge is 0.379 e. The van der Waals surface area contributed by atoms with Crippen molar-refractivity contribution in [1.29, 1.82) is 0 Å². The summed E-state index contributed by atoms with van der Waals surface area (Å²) in [5, 5.41) is 7.23. The average molecular weight is 406 g/mol.